The van der Waals surface area contributed by atoms with Crippen LogP contribution in [-0.2, 0) is 18.3 Å². The quantitative estimate of drug-likeness (QED) is 0.733. The predicted octanol–water partition coefficient (Wildman–Crippen LogP) is 1.40. The van der Waals surface area contributed by atoms with Crippen molar-refractivity contribution in [1.82, 2.24) is 9.78 Å². The normalized spacial score (nSPS) is 11.8. The fraction of sp³-hybridized carbons (Fsp3) is 0.500. The van der Waals surface area contributed by atoms with Crippen molar-refractivity contribution in [3.05, 3.63) is 17.5 Å². The highest BCUT2D eigenvalue weighted by molar-refractivity contribution is 5.85. The number of hydrogen-bond acceptors (Lipinski definition) is 2. The van der Waals surface area contributed by atoms with E-state index in [1.165, 1.54) is 17.9 Å². The third-order valence-corrected chi connectivity index (χ3v) is 1.91. The zero-order chi connectivity index (χ0) is 10.9. The average Bonchev–Trinajstić information content (AvgIpc) is 2.34. The van der Waals surface area contributed by atoms with Crippen LogP contribution in [0.25, 0.3) is 0 Å². The SMILES string of the molecule is Cc1cnn(C)c1CC(=O)C(F)(F)F. The van der Waals surface area contributed by atoms with Gasteiger partial charge in [-0.05, 0) is 12.5 Å². The summed E-state index contributed by atoms with van der Waals surface area (Å²) in [5.74, 6) is -1.75. The molecule has 0 atom stereocenters. The summed E-state index contributed by atoms with van der Waals surface area (Å²) in [5, 5.41) is 3.75. The molecular weight excluding hydrogens is 197 g/mol. The number of rotatable bonds is 2. The topological polar surface area (TPSA) is 34.9 Å². The van der Waals surface area contributed by atoms with Crippen molar-refractivity contribution in [2.75, 3.05) is 0 Å². The van der Waals surface area contributed by atoms with Crippen LogP contribution in [0, 0.1) is 6.92 Å². The predicted molar refractivity (Wildman–Crippen MR) is 42.7 cm³/mol. The van der Waals surface area contributed by atoms with Gasteiger partial charge in [-0.3, -0.25) is 9.48 Å². The molecule has 0 aromatic carbocycles. The van der Waals surface area contributed by atoms with Gasteiger partial charge >= 0.3 is 6.18 Å². The number of aromatic nitrogens is 2. The molecule has 0 bridgehead atoms. The van der Waals surface area contributed by atoms with Crippen LogP contribution in [0.5, 0.6) is 0 Å². The Labute approximate surface area is 78.5 Å². The van der Waals surface area contributed by atoms with E-state index in [-0.39, 0.29) is 0 Å². The Kier molecular flexibility index (Phi) is 2.64. The highest BCUT2D eigenvalue weighted by Gasteiger charge is 2.38. The van der Waals surface area contributed by atoms with Crippen molar-refractivity contribution >= 4 is 5.78 Å². The van der Waals surface area contributed by atoms with E-state index >= 15 is 0 Å². The van der Waals surface area contributed by atoms with Gasteiger partial charge in [0.15, 0.2) is 0 Å². The van der Waals surface area contributed by atoms with Gasteiger partial charge in [0, 0.05) is 12.7 Å². The summed E-state index contributed by atoms with van der Waals surface area (Å²) in [6.07, 6.45) is -3.98. The minimum Gasteiger partial charge on any atom is -0.289 e. The molecule has 0 saturated carbocycles. The lowest BCUT2D eigenvalue weighted by molar-refractivity contribution is -0.170. The summed E-state index contributed by atoms with van der Waals surface area (Å²) in [6.45, 7) is 1.62. The van der Waals surface area contributed by atoms with Gasteiger partial charge in [0.2, 0.25) is 5.78 Å². The molecule has 0 aliphatic carbocycles. The van der Waals surface area contributed by atoms with E-state index in [9.17, 15) is 18.0 Å². The second-order valence-electron chi connectivity index (χ2n) is 3.00. The molecule has 6 heteroatoms. The summed E-state index contributed by atoms with van der Waals surface area (Å²) >= 11 is 0. The van der Waals surface area contributed by atoms with Crippen molar-refractivity contribution in [3.8, 4) is 0 Å². The standard InChI is InChI=1S/C8H9F3N2O/c1-5-4-12-13(2)6(5)3-7(14)8(9,10)11/h4H,3H2,1-2H3. The number of hydrogen-bond donors (Lipinski definition) is 0. The van der Waals surface area contributed by atoms with Gasteiger partial charge in [-0.15, -0.1) is 0 Å². The molecule has 3 nitrogen and oxygen atoms in total. The van der Waals surface area contributed by atoms with Crippen LogP contribution in [0.2, 0.25) is 0 Å². The molecular formula is C8H9F3N2O. The second-order valence-corrected chi connectivity index (χ2v) is 3.00. The van der Waals surface area contributed by atoms with Gasteiger partial charge in [-0.25, -0.2) is 0 Å². The molecule has 0 saturated heterocycles. The fourth-order valence-corrected chi connectivity index (χ4v) is 1.08. The first-order valence-corrected chi connectivity index (χ1v) is 3.90. The number of halogens is 3. The van der Waals surface area contributed by atoms with Crippen molar-refractivity contribution in [2.24, 2.45) is 7.05 Å². The molecule has 0 aliphatic heterocycles. The third kappa shape index (κ3) is 2.12. The number of nitrogens with zero attached hydrogens (tertiary/aromatic N) is 2. The average molecular weight is 206 g/mol. The number of carbonyl (C=O) groups excluding carboxylic acids is 1. The van der Waals surface area contributed by atoms with E-state index in [1.807, 2.05) is 0 Å². The van der Waals surface area contributed by atoms with Crippen LogP contribution in [0.3, 0.4) is 0 Å². The number of alkyl halides is 3. The minimum atomic E-state index is -4.77. The number of ketones is 1. The van der Waals surface area contributed by atoms with E-state index in [2.05, 4.69) is 5.10 Å². The van der Waals surface area contributed by atoms with Crippen LogP contribution < -0.4 is 0 Å². The van der Waals surface area contributed by atoms with Crippen LogP contribution in [0.1, 0.15) is 11.3 Å². The molecule has 0 aliphatic rings. The Bertz CT molecular complexity index is 334. The second kappa shape index (κ2) is 3.43. The Morgan fingerprint density at radius 1 is 1.57 bits per heavy atom. The smallest absolute Gasteiger partial charge is 0.289 e. The number of Topliss-reactive ketones (excluding diaryl/α,β-unsaturated/α-hetero) is 1. The first-order chi connectivity index (χ1) is 6.32. The summed E-state index contributed by atoms with van der Waals surface area (Å²) in [6, 6.07) is 0. The van der Waals surface area contributed by atoms with Gasteiger partial charge in [0.05, 0.1) is 12.6 Å². The molecule has 14 heavy (non-hydrogen) atoms. The van der Waals surface area contributed by atoms with Gasteiger partial charge in [-0.1, -0.05) is 0 Å². The third-order valence-electron chi connectivity index (χ3n) is 1.91. The maximum absolute atomic E-state index is 11.9. The fourth-order valence-electron chi connectivity index (χ4n) is 1.08. The van der Waals surface area contributed by atoms with E-state index in [0.717, 1.165) is 0 Å². The van der Waals surface area contributed by atoms with Gasteiger partial charge in [-0.2, -0.15) is 18.3 Å². The van der Waals surface area contributed by atoms with Crippen LogP contribution in [0.4, 0.5) is 13.2 Å². The first-order valence-electron chi connectivity index (χ1n) is 3.90. The van der Waals surface area contributed by atoms with Crippen LogP contribution in [-0.4, -0.2) is 21.7 Å². The molecule has 78 valence electrons. The molecule has 1 aromatic heterocycles. The summed E-state index contributed by atoms with van der Waals surface area (Å²) in [5.41, 5.74) is 0.887. The lowest BCUT2D eigenvalue weighted by Gasteiger charge is -2.06. The van der Waals surface area contributed by atoms with E-state index in [4.69, 9.17) is 0 Å². The highest BCUT2D eigenvalue weighted by Crippen LogP contribution is 2.19. The van der Waals surface area contributed by atoms with Crippen molar-refractivity contribution < 1.29 is 18.0 Å². The van der Waals surface area contributed by atoms with E-state index < -0.39 is 18.4 Å². The Morgan fingerprint density at radius 3 is 2.50 bits per heavy atom. The van der Waals surface area contributed by atoms with Gasteiger partial charge in [0.25, 0.3) is 0 Å². The molecule has 0 N–H and O–H groups in total. The molecule has 1 rings (SSSR count). The Morgan fingerprint density at radius 2 is 2.14 bits per heavy atom. The Hall–Kier alpha value is -1.33. The molecule has 0 amide bonds. The largest absolute Gasteiger partial charge is 0.450 e. The molecule has 1 aromatic rings. The molecule has 0 fully saturated rings. The van der Waals surface area contributed by atoms with E-state index in [1.54, 1.807) is 6.92 Å². The number of carbonyl (C=O) groups is 1. The molecule has 1 heterocycles. The molecule has 0 spiro atoms. The Balaban J connectivity index is 2.85. The maximum Gasteiger partial charge on any atom is 0.450 e. The summed E-state index contributed by atoms with van der Waals surface area (Å²) < 4.78 is 37.1. The summed E-state index contributed by atoms with van der Waals surface area (Å²) in [7, 11) is 1.51. The molecule has 0 unspecified atom stereocenters. The van der Waals surface area contributed by atoms with Crippen molar-refractivity contribution in [1.29, 1.82) is 0 Å². The van der Waals surface area contributed by atoms with Gasteiger partial charge < -0.3 is 0 Å². The van der Waals surface area contributed by atoms with Crippen molar-refractivity contribution in [3.63, 3.8) is 0 Å². The van der Waals surface area contributed by atoms with Crippen LogP contribution in [0.15, 0.2) is 6.20 Å². The summed E-state index contributed by atoms with van der Waals surface area (Å²) in [4.78, 5) is 10.7. The zero-order valence-corrected chi connectivity index (χ0v) is 7.72. The minimum absolute atomic E-state index is 0.298. The van der Waals surface area contributed by atoms with E-state index in [0.29, 0.717) is 11.3 Å². The lowest BCUT2D eigenvalue weighted by atomic mass is 10.1. The number of aryl methyl sites for hydroxylation is 2. The van der Waals surface area contributed by atoms with Crippen LogP contribution >= 0.6 is 0 Å². The maximum atomic E-state index is 11.9. The first kappa shape index (κ1) is 10.7. The lowest BCUT2D eigenvalue weighted by Crippen LogP contribution is -2.25. The highest BCUT2D eigenvalue weighted by atomic mass is 19.4. The monoisotopic (exact) mass is 206 g/mol. The zero-order valence-electron chi connectivity index (χ0n) is 7.72. The van der Waals surface area contributed by atoms with Crippen molar-refractivity contribution in [2.45, 2.75) is 19.5 Å². The molecule has 0 radical (unpaired) electrons. The van der Waals surface area contributed by atoms with Gasteiger partial charge in [0.1, 0.15) is 0 Å².